The topological polar surface area (TPSA) is 16.4 Å². The Bertz CT molecular complexity index is 232. The summed E-state index contributed by atoms with van der Waals surface area (Å²) in [6, 6.07) is 6.10. The van der Waals surface area contributed by atoms with Gasteiger partial charge in [0.25, 0.3) is 0 Å². The fourth-order valence-corrected chi connectivity index (χ4v) is 1.36. The van der Waals surface area contributed by atoms with Gasteiger partial charge in [-0.3, -0.25) is 0 Å². The number of nitrogens with zero attached hydrogens (tertiary/aromatic N) is 2. The van der Waals surface area contributed by atoms with Crippen molar-refractivity contribution in [2.45, 2.75) is 0 Å². The Balaban J connectivity index is 2.08. The van der Waals surface area contributed by atoms with Crippen molar-refractivity contribution in [2.75, 3.05) is 31.3 Å². The minimum absolute atomic E-state index is 0.835. The van der Waals surface area contributed by atoms with Crippen LogP contribution in [0.5, 0.6) is 0 Å². The van der Waals surface area contributed by atoms with Crippen LogP contribution in [0.1, 0.15) is 0 Å². The van der Waals surface area contributed by atoms with Gasteiger partial charge in [-0.2, -0.15) is 5.01 Å². The van der Waals surface area contributed by atoms with E-state index in [0.717, 1.165) is 26.3 Å². The first-order chi connectivity index (χ1) is 5.97. The van der Waals surface area contributed by atoms with E-state index in [-0.39, 0.29) is 0 Å². The maximum Gasteiger partial charge on any atom is 0.199 e. The van der Waals surface area contributed by atoms with Gasteiger partial charge in [-0.25, -0.2) is 0 Å². The Hall–Kier alpha value is -1.09. The average Bonchev–Trinajstić information content (AvgIpc) is 2.21. The number of hydrogen-bond donors (Lipinski definition) is 0. The van der Waals surface area contributed by atoms with Gasteiger partial charge in [0.15, 0.2) is 12.4 Å². The van der Waals surface area contributed by atoms with Crippen LogP contribution < -0.4 is 9.69 Å². The summed E-state index contributed by atoms with van der Waals surface area (Å²) in [4.78, 5) is 0. The third kappa shape index (κ3) is 1.56. The molecule has 1 aliphatic rings. The standard InChI is InChI=1S/C9H13N2O/c1-2-4-10(5-3-1)11-6-8-12-9-7-11/h1-5H,6-9H2/q+1. The number of rotatable bonds is 1. The molecule has 0 bridgehead atoms. The zero-order chi connectivity index (χ0) is 8.23. The molecule has 0 aliphatic carbocycles. The Morgan fingerprint density at radius 3 is 2.33 bits per heavy atom. The largest absolute Gasteiger partial charge is 0.377 e. The van der Waals surface area contributed by atoms with Gasteiger partial charge in [0, 0.05) is 12.1 Å². The lowest BCUT2D eigenvalue weighted by atomic mass is 10.5. The van der Waals surface area contributed by atoms with Crippen LogP contribution in [0.25, 0.3) is 0 Å². The van der Waals surface area contributed by atoms with E-state index < -0.39 is 0 Å². The lowest BCUT2D eigenvalue weighted by Crippen LogP contribution is -2.61. The predicted octanol–water partition coefficient (Wildman–Crippen LogP) is -0.0577. The number of pyridine rings is 1. The quantitative estimate of drug-likeness (QED) is 0.542. The van der Waals surface area contributed by atoms with Crippen LogP contribution in [-0.2, 0) is 4.74 Å². The molecule has 0 amide bonds. The lowest BCUT2D eigenvalue weighted by molar-refractivity contribution is -0.695. The first kappa shape index (κ1) is 7.55. The van der Waals surface area contributed by atoms with E-state index >= 15 is 0 Å². The van der Waals surface area contributed by atoms with Crippen LogP contribution in [-0.4, -0.2) is 26.3 Å². The van der Waals surface area contributed by atoms with Gasteiger partial charge in [-0.1, -0.05) is 10.7 Å². The molecule has 3 heteroatoms. The molecule has 2 heterocycles. The molecule has 0 unspecified atom stereocenters. The number of hydrogen-bond acceptors (Lipinski definition) is 2. The van der Waals surface area contributed by atoms with Crippen molar-refractivity contribution >= 4 is 0 Å². The summed E-state index contributed by atoms with van der Waals surface area (Å²) in [6.07, 6.45) is 4.12. The molecule has 1 aliphatic heterocycles. The van der Waals surface area contributed by atoms with Crippen LogP contribution in [0.15, 0.2) is 30.6 Å². The predicted molar refractivity (Wildman–Crippen MR) is 45.4 cm³/mol. The van der Waals surface area contributed by atoms with Gasteiger partial charge >= 0.3 is 0 Å². The Labute approximate surface area is 72.2 Å². The van der Waals surface area contributed by atoms with Gasteiger partial charge in [-0.05, 0) is 0 Å². The smallest absolute Gasteiger partial charge is 0.199 e. The minimum Gasteiger partial charge on any atom is -0.377 e. The van der Waals surface area contributed by atoms with Crippen molar-refractivity contribution in [3.05, 3.63) is 30.6 Å². The monoisotopic (exact) mass is 165 g/mol. The van der Waals surface area contributed by atoms with Crippen LogP contribution in [0, 0.1) is 0 Å². The molecular weight excluding hydrogens is 152 g/mol. The van der Waals surface area contributed by atoms with Crippen LogP contribution in [0.4, 0.5) is 0 Å². The molecule has 64 valence electrons. The Morgan fingerprint density at radius 2 is 1.67 bits per heavy atom. The molecule has 0 atom stereocenters. The van der Waals surface area contributed by atoms with Gasteiger partial charge in [-0.15, -0.1) is 0 Å². The third-order valence-electron chi connectivity index (χ3n) is 2.01. The SMILES string of the molecule is c1cc[n+](N2CCOCC2)cc1. The molecule has 0 N–H and O–H groups in total. The fraction of sp³-hybridized carbons (Fsp3) is 0.444. The number of aromatic nitrogens is 1. The van der Waals surface area contributed by atoms with E-state index in [1.54, 1.807) is 0 Å². The van der Waals surface area contributed by atoms with Crippen LogP contribution >= 0.6 is 0 Å². The molecule has 0 saturated carbocycles. The minimum atomic E-state index is 0.835. The molecule has 1 aromatic heterocycles. The summed E-state index contributed by atoms with van der Waals surface area (Å²) in [5, 5.41) is 2.27. The van der Waals surface area contributed by atoms with Gasteiger partial charge in [0.1, 0.15) is 0 Å². The summed E-state index contributed by atoms with van der Waals surface area (Å²) >= 11 is 0. The highest BCUT2D eigenvalue weighted by molar-refractivity contribution is 4.85. The molecule has 0 spiro atoms. The average molecular weight is 165 g/mol. The van der Waals surface area contributed by atoms with Gasteiger partial charge in [0.2, 0.25) is 0 Å². The van der Waals surface area contributed by atoms with Crippen molar-refractivity contribution in [1.82, 2.24) is 0 Å². The van der Waals surface area contributed by atoms with E-state index in [1.165, 1.54) is 0 Å². The second-order valence-electron chi connectivity index (χ2n) is 2.82. The Kier molecular flexibility index (Phi) is 2.23. The third-order valence-corrected chi connectivity index (χ3v) is 2.01. The van der Waals surface area contributed by atoms with Crippen molar-refractivity contribution in [3.63, 3.8) is 0 Å². The first-order valence-electron chi connectivity index (χ1n) is 4.26. The molecule has 0 aromatic carbocycles. The Morgan fingerprint density at radius 1 is 1.00 bits per heavy atom. The molecule has 1 saturated heterocycles. The van der Waals surface area contributed by atoms with Crippen LogP contribution in [0.3, 0.4) is 0 Å². The molecule has 1 fully saturated rings. The van der Waals surface area contributed by atoms with Gasteiger partial charge in [0.05, 0.1) is 26.3 Å². The second kappa shape index (κ2) is 3.54. The summed E-state index contributed by atoms with van der Waals surface area (Å²) < 4.78 is 7.38. The number of ether oxygens (including phenoxy) is 1. The van der Waals surface area contributed by atoms with Crippen molar-refractivity contribution in [3.8, 4) is 0 Å². The van der Waals surface area contributed by atoms with E-state index in [1.807, 2.05) is 18.2 Å². The summed E-state index contributed by atoms with van der Waals surface area (Å²) in [7, 11) is 0. The second-order valence-corrected chi connectivity index (χ2v) is 2.82. The van der Waals surface area contributed by atoms with E-state index in [4.69, 9.17) is 4.74 Å². The van der Waals surface area contributed by atoms with E-state index in [2.05, 4.69) is 22.1 Å². The molecule has 3 nitrogen and oxygen atoms in total. The van der Waals surface area contributed by atoms with Crippen molar-refractivity contribution in [1.29, 1.82) is 0 Å². The van der Waals surface area contributed by atoms with Crippen molar-refractivity contribution < 1.29 is 9.41 Å². The van der Waals surface area contributed by atoms with Crippen molar-refractivity contribution in [2.24, 2.45) is 0 Å². The highest BCUT2D eigenvalue weighted by Crippen LogP contribution is 1.89. The molecule has 0 radical (unpaired) electrons. The highest BCUT2D eigenvalue weighted by atomic mass is 16.5. The fourth-order valence-electron chi connectivity index (χ4n) is 1.36. The maximum absolute atomic E-state index is 5.27. The van der Waals surface area contributed by atoms with E-state index in [9.17, 15) is 0 Å². The summed E-state index contributed by atoms with van der Waals surface area (Å²) in [6.45, 7) is 3.63. The van der Waals surface area contributed by atoms with Gasteiger partial charge < -0.3 is 4.74 Å². The van der Waals surface area contributed by atoms with E-state index in [0.29, 0.717) is 0 Å². The maximum atomic E-state index is 5.27. The molecule has 2 rings (SSSR count). The normalized spacial score (nSPS) is 17.8. The molecular formula is C9H13N2O+. The molecule has 1 aromatic rings. The molecule has 12 heavy (non-hydrogen) atoms. The zero-order valence-corrected chi connectivity index (χ0v) is 7.02. The summed E-state index contributed by atoms with van der Waals surface area (Å²) in [5.41, 5.74) is 0. The van der Waals surface area contributed by atoms with Crippen LogP contribution in [0.2, 0.25) is 0 Å². The highest BCUT2D eigenvalue weighted by Gasteiger charge is 2.15. The summed E-state index contributed by atoms with van der Waals surface area (Å²) in [5.74, 6) is 0. The lowest BCUT2D eigenvalue weighted by Gasteiger charge is -2.21. The zero-order valence-electron chi connectivity index (χ0n) is 7.02. The number of morpholine rings is 1. The first-order valence-corrected chi connectivity index (χ1v) is 4.26.